The first-order valence-electron chi connectivity index (χ1n) is 8.38. The highest BCUT2D eigenvalue weighted by molar-refractivity contribution is 6.30. The quantitative estimate of drug-likeness (QED) is 0.735. The monoisotopic (exact) mass is 350 g/mol. The van der Waals surface area contributed by atoms with E-state index in [0.717, 1.165) is 24.5 Å². The largest absolute Gasteiger partial charge is 0.349 e. The zero-order valence-electron chi connectivity index (χ0n) is 14.0. The molecule has 0 saturated carbocycles. The Bertz CT molecular complexity index is 896. The average molecular weight is 351 g/mol. The van der Waals surface area contributed by atoms with Crippen LogP contribution in [0.15, 0.2) is 60.8 Å². The lowest BCUT2D eigenvalue weighted by atomic mass is 9.95. The first-order chi connectivity index (χ1) is 12.2. The summed E-state index contributed by atoms with van der Waals surface area (Å²) in [4.78, 5) is 11.4. The van der Waals surface area contributed by atoms with Gasteiger partial charge in [-0.2, -0.15) is 4.98 Å². The second-order valence-corrected chi connectivity index (χ2v) is 6.76. The number of halogens is 1. The van der Waals surface area contributed by atoms with Crippen molar-refractivity contribution in [1.29, 1.82) is 0 Å². The lowest BCUT2D eigenvalue weighted by molar-refractivity contribution is 0.587. The van der Waals surface area contributed by atoms with Gasteiger partial charge in [0.1, 0.15) is 5.82 Å². The van der Waals surface area contributed by atoms with Crippen LogP contribution in [0.2, 0.25) is 5.02 Å². The summed E-state index contributed by atoms with van der Waals surface area (Å²) in [5, 5.41) is 3.91. The predicted octanol–water partition coefficient (Wildman–Crippen LogP) is 4.82. The molecule has 1 aliphatic heterocycles. The van der Waals surface area contributed by atoms with Gasteiger partial charge in [-0.25, -0.2) is 4.98 Å². The molecule has 1 N–H and O–H groups in total. The van der Waals surface area contributed by atoms with Crippen LogP contribution in [0, 0.1) is 0 Å². The van der Waals surface area contributed by atoms with Gasteiger partial charge >= 0.3 is 0 Å². The number of nitrogens with one attached hydrogen (secondary N) is 1. The van der Waals surface area contributed by atoms with E-state index in [-0.39, 0.29) is 0 Å². The molecule has 0 radical (unpaired) electrons. The van der Waals surface area contributed by atoms with E-state index in [4.69, 9.17) is 16.6 Å². The Morgan fingerprint density at radius 3 is 2.76 bits per heavy atom. The van der Waals surface area contributed by atoms with Gasteiger partial charge in [0, 0.05) is 29.5 Å². The molecule has 5 heteroatoms. The minimum atomic E-state index is 0.392. The normalized spacial score (nSPS) is 16.4. The Balaban J connectivity index is 1.59. The molecule has 0 unspecified atom stereocenters. The van der Waals surface area contributed by atoms with E-state index >= 15 is 0 Å². The molecule has 1 aliphatic rings. The summed E-state index contributed by atoms with van der Waals surface area (Å²) in [6.07, 6.45) is 2.82. The molecule has 0 spiro atoms. The summed E-state index contributed by atoms with van der Waals surface area (Å²) < 4.78 is 0. The van der Waals surface area contributed by atoms with Crippen molar-refractivity contribution in [3.63, 3.8) is 0 Å². The van der Waals surface area contributed by atoms with Crippen LogP contribution in [0.4, 0.5) is 17.5 Å². The summed E-state index contributed by atoms with van der Waals surface area (Å²) in [5.74, 6) is 1.51. The summed E-state index contributed by atoms with van der Waals surface area (Å²) in [6, 6.07) is 18.5. The van der Waals surface area contributed by atoms with Gasteiger partial charge < -0.3 is 10.2 Å². The first kappa shape index (κ1) is 15.9. The summed E-state index contributed by atoms with van der Waals surface area (Å²) >= 11 is 6.04. The number of benzene rings is 2. The van der Waals surface area contributed by atoms with Crippen molar-refractivity contribution in [1.82, 2.24) is 9.97 Å². The fraction of sp³-hybridized carbons (Fsp3) is 0.200. The lowest BCUT2D eigenvalue weighted by Gasteiger charge is -2.35. The number of hydrogen-bond donors (Lipinski definition) is 1. The molecular formula is C20H19ClN4. The van der Waals surface area contributed by atoms with E-state index in [2.05, 4.69) is 46.4 Å². The SMILES string of the molecule is C[C@@H]1Cc2ccccc2CN1c1ccnc(Nc2cccc(Cl)c2)n1. The van der Waals surface area contributed by atoms with Crippen molar-refractivity contribution in [2.45, 2.75) is 25.9 Å². The van der Waals surface area contributed by atoms with Gasteiger partial charge in [0.15, 0.2) is 0 Å². The first-order valence-corrected chi connectivity index (χ1v) is 8.76. The maximum absolute atomic E-state index is 6.04. The van der Waals surface area contributed by atoms with Crippen LogP contribution >= 0.6 is 11.6 Å². The molecule has 0 aliphatic carbocycles. The molecule has 0 amide bonds. The van der Waals surface area contributed by atoms with Crippen LogP contribution in [-0.2, 0) is 13.0 Å². The number of rotatable bonds is 3. The maximum atomic E-state index is 6.04. The smallest absolute Gasteiger partial charge is 0.229 e. The van der Waals surface area contributed by atoms with Gasteiger partial charge in [0.05, 0.1) is 0 Å². The van der Waals surface area contributed by atoms with E-state index in [1.165, 1.54) is 11.1 Å². The average Bonchev–Trinajstić information content (AvgIpc) is 2.61. The van der Waals surface area contributed by atoms with Crippen LogP contribution < -0.4 is 10.2 Å². The third kappa shape index (κ3) is 3.44. The molecule has 2 aromatic carbocycles. The summed E-state index contributed by atoms with van der Waals surface area (Å²) in [7, 11) is 0. The van der Waals surface area contributed by atoms with Gasteiger partial charge in [-0.1, -0.05) is 41.9 Å². The highest BCUT2D eigenvalue weighted by atomic mass is 35.5. The minimum Gasteiger partial charge on any atom is -0.349 e. The van der Waals surface area contributed by atoms with E-state index in [0.29, 0.717) is 17.0 Å². The number of nitrogens with zero attached hydrogens (tertiary/aromatic N) is 3. The standard InChI is InChI=1S/C20H19ClN4/c1-14-11-15-5-2-3-6-16(15)13-25(14)19-9-10-22-20(24-19)23-18-8-4-7-17(21)12-18/h2-10,12,14H,11,13H2,1H3,(H,22,23,24)/t14-/m1/s1. The molecule has 2 heterocycles. The molecule has 0 fully saturated rings. The molecule has 0 saturated heterocycles. The zero-order chi connectivity index (χ0) is 17.2. The van der Waals surface area contributed by atoms with Gasteiger partial charge in [0.2, 0.25) is 5.95 Å². The van der Waals surface area contributed by atoms with Crippen molar-refractivity contribution in [3.05, 3.63) is 76.9 Å². The fourth-order valence-electron chi connectivity index (χ4n) is 3.25. The third-order valence-electron chi connectivity index (χ3n) is 4.52. The van der Waals surface area contributed by atoms with E-state index in [1.807, 2.05) is 30.3 Å². The molecule has 1 aromatic heterocycles. The topological polar surface area (TPSA) is 41.1 Å². The predicted molar refractivity (Wildman–Crippen MR) is 103 cm³/mol. The van der Waals surface area contributed by atoms with Gasteiger partial charge in [-0.05, 0) is 48.7 Å². The molecular weight excluding hydrogens is 332 g/mol. The van der Waals surface area contributed by atoms with Crippen LogP contribution in [0.25, 0.3) is 0 Å². The zero-order valence-corrected chi connectivity index (χ0v) is 14.7. The van der Waals surface area contributed by atoms with Crippen molar-refractivity contribution < 1.29 is 0 Å². The third-order valence-corrected chi connectivity index (χ3v) is 4.76. The van der Waals surface area contributed by atoms with Crippen molar-refractivity contribution in [3.8, 4) is 0 Å². The lowest BCUT2D eigenvalue weighted by Crippen LogP contribution is -2.39. The summed E-state index contributed by atoms with van der Waals surface area (Å²) in [6.45, 7) is 3.10. The fourth-order valence-corrected chi connectivity index (χ4v) is 3.44. The molecule has 4 rings (SSSR count). The molecule has 126 valence electrons. The Kier molecular flexibility index (Phi) is 4.28. The van der Waals surface area contributed by atoms with E-state index < -0.39 is 0 Å². The van der Waals surface area contributed by atoms with Crippen LogP contribution in [0.3, 0.4) is 0 Å². The number of fused-ring (bicyclic) bond motifs is 1. The van der Waals surface area contributed by atoms with E-state index in [9.17, 15) is 0 Å². The second-order valence-electron chi connectivity index (χ2n) is 6.32. The van der Waals surface area contributed by atoms with Crippen LogP contribution in [0.5, 0.6) is 0 Å². The maximum Gasteiger partial charge on any atom is 0.229 e. The van der Waals surface area contributed by atoms with Crippen LogP contribution in [-0.4, -0.2) is 16.0 Å². The van der Waals surface area contributed by atoms with Crippen molar-refractivity contribution in [2.24, 2.45) is 0 Å². The Morgan fingerprint density at radius 1 is 1.08 bits per heavy atom. The minimum absolute atomic E-state index is 0.392. The Labute approximate surface area is 152 Å². The van der Waals surface area contributed by atoms with Crippen LogP contribution in [0.1, 0.15) is 18.1 Å². The number of hydrogen-bond acceptors (Lipinski definition) is 4. The van der Waals surface area contributed by atoms with Gasteiger partial charge in [0.25, 0.3) is 0 Å². The number of aromatic nitrogens is 2. The Morgan fingerprint density at radius 2 is 1.92 bits per heavy atom. The molecule has 25 heavy (non-hydrogen) atoms. The highest BCUT2D eigenvalue weighted by Gasteiger charge is 2.23. The summed E-state index contributed by atoms with van der Waals surface area (Å²) in [5.41, 5.74) is 3.67. The van der Waals surface area contributed by atoms with Crippen molar-refractivity contribution in [2.75, 3.05) is 10.2 Å². The van der Waals surface area contributed by atoms with Gasteiger partial charge in [-0.15, -0.1) is 0 Å². The van der Waals surface area contributed by atoms with Crippen molar-refractivity contribution >= 4 is 29.1 Å². The molecule has 0 bridgehead atoms. The second kappa shape index (κ2) is 6.73. The molecule has 3 aromatic rings. The molecule has 1 atom stereocenters. The number of anilines is 3. The Hall–Kier alpha value is -2.59. The molecule has 4 nitrogen and oxygen atoms in total. The van der Waals surface area contributed by atoms with Gasteiger partial charge in [-0.3, -0.25) is 0 Å². The highest BCUT2D eigenvalue weighted by Crippen LogP contribution is 2.28. The van der Waals surface area contributed by atoms with E-state index in [1.54, 1.807) is 6.20 Å².